The van der Waals surface area contributed by atoms with Gasteiger partial charge in [0.1, 0.15) is 5.75 Å². The Morgan fingerprint density at radius 3 is 2.45 bits per heavy atom. The molecule has 1 amide bonds. The summed E-state index contributed by atoms with van der Waals surface area (Å²) in [5.74, 6) is 0.200. The van der Waals surface area contributed by atoms with Crippen LogP contribution in [0.1, 0.15) is 51.9 Å². The topological polar surface area (TPSA) is 93.9 Å². The zero-order valence-electron chi connectivity index (χ0n) is 17.3. The molecular weight excluding hydrogens is 374 g/mol. The molecule has 1 aromatic rings. The van der Waals surface area contributed by atoms with Crippen LogP contribution in [-0.2, 0) is 9.53 Å². The number of methoxy groups -OCH3 is 1. The summed E-state index contributed by atoms with van der Waals surface area (Å²) in [6, 6.07) is 3.84. The van der Waals surface area contributed by atoms with E-state index in [1.165, 1.54) is 57.4 Å². The number of hydrogen-bond acceptors (Lipinski definition) is 6. The van der Waals surface area contributed by atoms with Gasteiger partial charge in [0.15, 0.2) is 0 Å². The number of anilines is 1. The monoisotopic (exact) mass is 405 g/mol. The van der Waals surface area contributed by atoms with Crippen molar-refractivity contribution in [1.82, 2.24) is 4.90 Å². The van der Waals surface area contributed by atoms with Gasteiger partial charge in [0, 0.05) is 25.2 Å². The SMILES string of the molecule is COc1ccc([N+](=O)[O-])cc1NC(=O)C(C)N1CCC(OC2CCCCC2)CC1. The molecule has 1 atom stereocenters. The summed E-state index contributed by atoms with van der Waals surface area (Å²) in [6.45, 7) is 3.47. The van der Waals surface area contributed by atoms with Crippen molar-refractivity contribution >= 4 is 17.3 Å². The van der Waals surface area contributed by atoms with Crippen molar-refractivity contribution in [2.75, 3.05) is 25.5 Å². The number of benzene rings is 1. The van der Waals surface area contributed by atoms with Crippen molar-refractivity contribution < 1.29 is 19.2 Å². The van der Waals surface area contributed by atoms with Crippen LogP contribution in [0.15, 0.2) is 18.2 Å². The van der Waals surface area contributed by atoms with Gasteiger partial charge in [0.05, 0.1) is 36.0 Å². The number of hydrogen-bond donors (Lipinski definition) is 1. The molecule has 29 heavy (non-hydrogen) atoms. The van der Waals surface area contributed by atoms with Gasteiger partial charge >= 0.3 is 0 Å². The Kier molecular flexibility index (Phi) is 7.44. The molecule has 8 heteroatoms. The lowest BCUT2D eigenvalue weighted by atomic mass is 9.97. The third kappa shape index (κ3) is 5.67. The summed E-state index contributed by atoms with van der Waals surface area (Å²) in [7, 11) is 1.47. The summed E-state index contributed by atoms with van der Waals surface area (Å²) < 4.78 is 11.5. The number of nitro groups is 1. The summed E-state index contributed by atoms with van der Waals surface area (Å²) in [6.07, 6.45) is 8.73. The van der Waals surface area contributed by atoms with E-state index in [4.69, 9.17) is 9.47 Å². The standard InChI is InChI=1S/C21H31N3O5/c1-15(21(25)22-19-14-16(24(26)27)8-9-20(19)28-2)23-12-10-18(11-13-23)29-17-6-4-3-5-7-17/h8-9,14-15,17-18H,3-7,10-13H2,1-2H3,(H,22,25). The fourth-order valence-electron chi connectivity index (χ4n) is 4.18. The van der Waals surface area contributed by atoms with Gasteiger partial charge in [-0.2, -0.15) is 0 Å². The summed E-state index contributed by atoms with van der Waals surface area (Å²) >= 11 is 0. The molecule has 1 saturated heterocycles. The number of carbonyl (C=O) groups is 1. The van der Waals surface area contributed by atoms with Crippen LogP contribution in [0.25, 0.3) is 0 Å². The van der Waals surface area contributed by atoms with Crippen LogP contribution < -0.4 is 10.1 Å². The third-order valence-electron chi connectivity index (χ3n) is 5.99. The van der Waals surface area contributed by atoms with E-state index in [0.29, 0.717) is 17.5 Å². The van der Waals surface area contributed by atoms with Gasteiger partial charge in [-0.25, -0.2) is 0 Å². The van der Waals surface area contributed by atoms with Crippen molar-refractivity contribution in [3.05, 3.63) is 28.3 Å². The lowest BCUT2D eigenvalue weighted by molar-refractivity contribution is -0.384. The Hall–Kier alpha value is -2.19. The van der Waals surface area contributed by atoms with E-state index in [0.717, 1.165) is 25.9 Å². The Bertz CT molecular complexity index is 712. The van der Waals surface area contributed by atoms with Gasteiger partial charge in [-0.15, -0.1) is 0 Å². The smallest absolute Gasteiger partial charge is 0.271 e. The first-order valence-corrected chi connectivity index (χ1v) is 10.5. The molecule has 1 aliphatic carbocycles. The Labute approximate surface area is 171 Å². The van der Waals surface area contributed by atoms with Gasteiger partial charge in [-0.3, -0.25) is 19.8 Å². The molecule has 1 unspecified atom stereocenters. The largest absolute Gasteiger partial charge is 0.495 e. The van der Waals surface area contributed by atoms with Gasteiger partial charge in [-0.1, -0.05) is 19.3 Å². The van der Waals surface area contributed by atoms with Crippen LogP contribution in [0.5, 0.6) is 5.75 Å². The second-order valence-electron chi connectivity index (χ2n) is 7.94. The number of nitrogens with one attached hydrogen (secondary N) is 1. The quantitative estimate of drug-likeness (QED) is 0.549. The van der Waals surface area contributed by atoms with Gasteiger partial charge < -0.3 is 14.8 Å². The van der Waals surface area contributed by atoms with Crippen molar-refractivity contribution in [3.8, 4) is 5.75 Å². The number of non-ortho nitro benzene ring substituents is 1. The maximum Gasteiger partial charge on any atom is 0.271 e. The number of nitrogens with zero attached hydrogens (tertiary/aromatic N) is 2. The zero-order valence-corrected chi connectivity index (χ0v) is 17.3. The lowest BCUT2D eigenvalue weighted by Gasteiger charge is -2.37. The average molecular weight is 405 g/mol. The molecule has 3 rings (SSSR count). The molecule has 0 bridgehead atoms. The maximum absolute atomic E-state index is 12.7. The Morgan fingerprint density at radius 2 is 1.83 bits per heavy atom. The van der Waals surface area contributed by atoms with Crippen LogP contribution in [-0.4, -0.2) is 54.2 Å². The third-order valence-corrected chi connectivity index (χ3v) is 5.99. The van der Waals surface area contributed by atoms with Crippen LogP contribution in [0.2, 0.25) is 0 Å². The summed E-state index contributed by atoms with van der Waals surface area (Å²) in [5, 5.41) is 13.8. The molecular formula is C21H31N3O5. The van der Waals surface area contributed by atoms with Crippen molar-refractivity contribution in [2.24, 2.45) is 0 Å². The van der Waals surface area contributed by atoms with Crippen molar-refractivity contribution in [2.45, 2.75) is 70.1 Å². The van der Waals surface area contributed by atoms with Crippen molar-refractivity contribution in [3.63, 3.8) is 0 Å². The van der Waals surface area contributed by atoms with Crippen LogP contribution in [0, 0.1) is 10.1 Å². The Morgan fingerprint density at radius 1 is 1.17 bits per heavy atom. The van der Waals surface area contributed by atoms with Gasteiger partial charge in [-0.05, 0) is 38.7 Å². The van der Waals surface area contributed by atoms with Crippen LogP contribution >= 0.6 is 0 Å². The summed E-state index contributed by atoms with van der Waals surface area (Å²) in [4.78, 5) is 25.4. The number of carbonyl (C=O) groups excluding carboxylic acids is 1. The maximum atomic E-state index is 12.7. The normalized spacial score (nSPS) is 20.2. The molecule has 0 radical (unpaired) electrons. The lowest BCUT2D eigenvalue weighted by Crippen LogP contribution is -2.47. The number of rotatable bonds is 7. The van der Waals surface area contributed by atoms with E-state index in [1.54, 1.807) is 0 Å². The molecule has 2 aliphatic rings. The van der Waals surface area contributed by atoms with E-state index in [2.05, 4.69) is 10.2 Å². The average Bonchev–Trinajstić information content (AvgIpc) is 2.74. The number of nitro benzene ring substituents is 1. The van der Waals surface area contributed by atoms with E-state index in [-0.39, 0.29) is 23.7 Å². The van der Waals surface area contributed by atoms with E-state index < -0.39 is 4.92 Å². The molecule has 1 aliphatic heterocycles. The summed E-state index contributed by atoms with van der Waals surface area (Å²) in [5.41, 5.74) is 0.225. The number of ether oxygens (including phenoxy) is 2. The molecule has 1 aromatic carbocycles. The minimum atomic E-state index is -0.490. The highest BCUT2D eigenvalue weighted by atomic mass is 16.6. The highest BCUT2D eigenvalue weighted by Crippen LogP contribution is 2.30. The first kappa shape index (κ1) is 21.5. The predicted molar refractivity (Wildman–Crippen MR) is 110 cm³/mol. The number of amides is 1. The molecule has 8 nitrogen and oxygen atoms in total. The number of likely N-dealkylation sites (tertiary alicyclic amines) is 1. The fraction of sp³-hybridized carbons (Fsp3) is 0.667. The Balaban J connectivity index is 1.53. The molecule has 1 N–H and O–H groups in total. The predicted octanol–water partition coefficient (Wildman–Crippen LogP) is 3.74. The van der Waals surface area contributed by atoms with Gasteiger partial charge in [0.25, 0.3) is 5.69 Å². The molecule has 2 fully saturated rings. The van der Waals surface area contributed by atoms with Crippen LogP contribution in [0.3, 0.4) is 0 Å². The first-order valence-electron chi connectivity index (χ1n) is 10.5. The minimum Gasteiger partial charge on any atom is -0.495 e. The second kappa shape index (κ2) is 10.0. The minimum absolute atomic E-state index is 0.0885. The molecule has 1 saturated carbocycles. The zero-order chi connectivity index (χ0) is 20.8. The molecule has 1 heterocycles. The fourth-order valence-corrected chi connectivity index (χ4v) is 4.18. The first-order chi connectivity index (χ1) is 14.0. The van der Waals surface area contributed by atoms with Crippen molar-refractivity contribution in [1.29, 1.82) is 0 Å². The van der Waals surface area contributed by atoms with E-state index >= 15 is 0 Å². The molecule has 0 aromatic heterocycles. The van der Waals surface area contributed by atoms with Crippen LogP contribution in [0.4, 0.5) is 11.4 Å². The van der Waals surface area contributed by atoms with Gasteiger partial charge in [0.2, 0.25) is 5.91 Å². The number of piperidine rings is 1. The van der Waals surface area contributed by atoms with E-state index in [9.17, 15) is 14.9 Å². The highest BCUT2D eigenvalue weighted by Gasteiger charge is 2.29. The van der Waals surface area contributed by atoms with E-state index in [1.807, 2.05) is 6.92 Å². The second-order valence-corrected chi connectivity index (χ2v) is 7.94. The molecule has 160 valence electrons. The highest BCUT2D eigenvalue weighted by molar-refractivity contribution is 5.96. The molecule has 0 spiro atoms.